The van der Waals surface area contributed by atoms with E-state index in [1.807, 2.05) is 4.68 Å². The van der Waals surface area contributed by atoms with E-state index in [9.17, 15) is 0 Å². The predicted octanol–water partition coefficient (Wildman–Crippen LogP) is 2.62. The van der Waals surface area contributed by atoms with Gasteiger partial charge in [-0.3, -0.25) is 4.68 Å². The molecule has 4 nitrogen and oxygen atoms in total. The first kappa shape index (κ1) is 14.3. The largest absolute Gasteiger partial charge is 0.371 e. The van der Waals surface area contributed by atoms with Crippen molar-refractivity contribution in [1.29, 1.82) is 0 Å². The van der Waals surface area contributed by atoms with Gasteiger partial charge in [0.1, 0.15) is 6.10 Å². The van der Waals surface area contributed by atoms with Crippen LogP contribution in [0.2, 0.25) is 0 Å². The van der Waals surface area contributed by atoms with Gasteiger partial charge in [-0.2, -0.15) is 5.10 Å². The highest BCUT2D eigenvalue weighted by Crippen LogP contribution is 2.28. The van der Waals surface area contributed by atoms with Gasteiger partial charge in [-0.25, -0.2) is 0 Å². The van der Waals surface area contributed by atoms with Crippen LogP contribution >= 0.6 is 0 Å². The summed E-state index contributed by atoms with van der Waals surface area (Å²) in [6.07, 6.45) is 3.26. The van der Waals surface area contributed by atoms with Crippen LogP contribution in [-0.2, 0) is 24.2 Å². The molecule has 0 aliphatic carbocycles. The third kappa shape index (κ3) is 3.17. The van der Waals surface area contributed by atoms with Crippen molar-refractivity contribution in [1.82, 2.24) is 15.1 Å². The maximum Gasteiger partial charge on any atom is 0.102 e. The van der Waals surface area contributed by atoms with Gasteiger partial charge in [0.15, 0.2) is 0 Å². The molecule has 1 aromatic carbocycles. The van der Waals surface area contributed by atoms with Crippen LogP contribution < -0.4 is 5.32 Å². The van der Waals surface area contributed by atoms with Crippen molar-refractivity contribution in [3.8, 4) is 0 Å². The average Bonchev–Trinajstić information content (AvgIpc) is 2.85. The smallest absolute Gasteiger partial charge is 0.102 e. The van der Waals surface area contributed by atoms with Crippen LogP contribution in [0.3, 0.4) is 0 Å². The molecule has 0 amide bonds. The minimum Gasteiger partial charge on any atom is -0.371 e. The number of hydrogen-bond acceptors (Lipinski definition) is 3. The van der Waals surface area contributed by atoms with Gasteiger partial charge in [0.2, 0.25) is 0 Å². The van der Waals surface area contributed by atoms with Crippen molar-refractivity contribution in [2.75, 3.05) is 13.2 Å². The van der Waals surface area contributed by atoms with E-state index in [0.717, 1.165) is 38.4 Å². The summed E-state index contributed by atoms with van der Waals surface area (Å²) in [5, 5.41) is 7.98. The first-order valence-electron chi connectivity index (χ1n) is 7.71. The van der Waals surface area contributed by atoms with Crippen molar-refractivity contribution in [2.45, 2.75) is 39.5 Å². The first-order valence-corrected chi connectivity index (χ1v) is 7.71. The second-order valence-corrected chi connectivity index (χ2v) is 5.55. The molecule has 1 unspecified atom stereocenters. The van der Waals surface area contributed by atoms with Gasteiger partial charge in [0, 0.05) is 18.3 Å². The van der Waals surface area contributed by atoms with E-state index in [4.69, 9.17) is 4.74 Å². The number of hydrogen-bond donors (Lipinski definition) is 1. The topological polar surface area (TPSA) is 39.1 Å². The molecule has 0 spiro atoms. The van der Waals surface area contributed by atoms with Crippen molar-refractivity contribution in [2.24, 2.45) is 0 Å². The molecular formula is C17H23N3O. The molecule has 1 aliphatic rings. The fourth-order valence-corrected chi connectivity index (χ4v) is 2.88. The van der Waals surface area contributed by atoms with E-state index in [1.54, 1.807) is 0 Å². The van der Waals surface area contributed by atoms with Crippen LogP contribution in [0.15, 0.2) is 30.5 Å². The summed E-state index contributed by atoms with van der Waals surface area (Å²) in [4.78, 5) is 0. The molecule has 2 aromatic rings. The zero-order chi connectivity index (χ0) is 14.7. The van der Waals surface area contributed by atoms with Crippen molar-refractivity contribution in [3.63, 3.8) is 0 Å². The molecule has 0 radical (unpaired) electrons. The van der Waals surface area contributed by atoms with Gasteiger partial charge in [-0.05, 0) is 31.0 Å². The lowest BCUT2D eigenvalue weighted by molar-refractivity contribution is 0.0282. The second kappa shape index (κ2) is 6.41. The summed E-state index contributed by atoms with van der Waals surface area (Å²) >= 11 is 0. The van der Waals surface area contributed by atoms with Crippen molar-refractivity contribution < 1.29 is 4.74 Å². The van der Waals surface area contributed by atoms with Gasteiger partial charge in [0.05, 0.1) is 18.8 Å². The zero-order valence-corrected chi connectivity index (χ0v) is 12.8. The third-order valence-electron chi connectivity index (χ3n) is 4.06. The maximum absolute atomic E-state index is 5.96. The maximum atomic E-state index is 5.96. The van der Waals surface area contributed by atoms with Crippen molar-refractivity contribution >= 4 is 0 Å². The number of fused-ring (bicyclic) bond motifs is 1. The summed E-state index contributed by atoms with van der Waals surface area (Å²) in [6, 6.07) is 8.57. The van der Waals surface area contributed by atoms with E-state index < -0.39 is 0 Å². The lowest BCUT2D eigenvalue weighted by Gasteiger charge is -2.25. The third-order valence-corrected chi connectivity index (χ3v) is 4.06. The highest BCUT2D eigenvalue weighted by atomic mass is 16.5. The molecule has 1 aromatic heterocycles. The molecule has 0 saturated heterocycles. The zero-order valence-electron chi connectivity index (χ0n) is 12.8. The Bertz CT molecular complexity index is 606. The summed E-state index contributed by atoms with van der Waals surface area (Å²) in [5.74, 6) is 0. The van der Waals surface area contributed by atoms with E-state index >= 15 is 0 Å². The Balaban J connectivity index is 1.75. The van der Waals surface area contributed by atoms with E-state index in [0.29, 0.717) is 0 Å². The van der Waals surface area contributed by atoms with Crippen LogP contribution in [0.5, 0.6) is 0 Å². The van der Waals surface area contributed by atoms with Gasteiger partial charge in [-0.1, -0.05) is 31.2 Å². The normalized spacial score (nSPS) is 17.7. The fraction of sp³-hybridized carbons (Fsp3) is 0.471. The summed E-state index contributed by atoms with van der Waals surface area (Å²) < 4.78 is 7.98. The molecule has 1 N–H and O–H groups in total. The monoisotopic (exact) mass is 285 g/mol. The van der Waals surface area contributed by atoms with Crippen molar-refractivity contribution in [3.05, 3.63) is 52.8 Å². The Hall–Kier alpha value is -1.65. The quantitative estimate of drug-likeness (QED) is 0.918. The molecule has 21 heavy (non-hydrogen) atoms. The summed E-state index contributed by atoms with van der Waals surface area (Å²) in [6.45, 7) is 7.62. The minimum atomic E-state index is 0.112. The van der Waals surface area contributed by atoms with Crippen LogP contribution in [0.1, 0.15) is 35.4 Å². The molecule has 0 fully saturated rings. The highest BCUT2D eigenvalue weighted by molar-refractivity contribution is 5.30. The number of nitrogens with zero attached hydrogens (tertiary/aromatic N) is 2. The number of rotatable bonds is 5. The van der Waals surface area contributed by atoms with Gasteiger partial charge in [0.25, 0.3) is 0 Å². The van der Waals surface area contributed by atoms with Crippen LogP contribution in [0.25, 0.3) is 0 Å². The predicted molar refractivity (Wildman–Crippen MR) is 83.2 cm³/mol. The minimum absolute atomic E-state index is 0.112. The van der Waals surface area contributed by atoms with E-state index in [-0.39, 0.29) is 6.10 Å². The fourth-order valence-electron chi connectivity index (χ4n) is 2.88. The van der Waals surface area contributed by atoms with Crippen LogP contribution in [0, 0.1) is 6.92 Å². The molecular weight excluding hydrogens is 262 g/mol. The molecule has 2 heterocycles. The lowest BCUT2D eigenvalue weighted by atomic mass is 9.98. The number of aryl methyl sites for hydroxylation is 1. The Morgan fingerprint density at radius 3 is 3.10 bits per heavy atom. The summed E-state index contributed by atoms with van der Waals surface area (Å²) in [5.41, 5.74) is 5.08. The number of benzene rings is 1. The number of aromatic nitrogens is 2. The number of nitrogens with one attached hydrogen (secondary N) is 1. The van der Waals surface area contributed by atoms with Gasteiger partial charge in [-0.15, -0.1) is 0 Å². The Morgan fingerprint density at radius 2 is 2.24 bits per heavy atom. The molecule has 4 heteroatoms. The summed E-state index contributed by atoms with van der Waals surface area (Å²) in [7, 11) is 0. The van der Waals surface area contributed by atoms with E-state index in [2.05, 4.69) is 54.7 Å². The Morgan fingerprint density at radius 1 is 1.38 bits per heavy atom. The van der Waals surface area contributed by atoms with Gasteiger partial charge < -0.3 is 10.1 Å². The second-order valence-electron chi connectivity index (χ2n) is 5.55. The molecule has 1 atom stereocenters. The molecule has 112 valence electrons. The van der Waals surface area contributed by atoms with E-state index in [1.165, 1.54) is 16.7 Å². The van der Waals surface area contributed by atoms with Crippen LogP contribution in [0.4, 0.5) is 0 Å². The number of ether oxygens (including phenoxy) is 1. The van der Waals surface area contributed by atoms with Gasteiger partial charge >= 0.3 is 0 Å². The Labute approximate surface area is 126 Å². The van der Waals surface area contributed by atoms with Crippen LogP contribution in [-0.4, -0.2) is 22.9 Å². The lowest BCUT2D eigenvalue weighted by Crippen LogP contribution is -2.20. The standard InChI is InChI=1S/C17H23N3O/c1-3-18-10-15-11-20(19-13(15)2)12-17-16-7-5-4-6-14(16)8-9-21-17/h4-7,11,17-18H,3,8-10,12H2,1-2H3. The molecule has 0 bridgehead atoms. The molecule has 3 rings (SSSR count). The first-order chi connectivity index (χ1) is 10.3. The average molecular weight is 285 g/mol. The SMILES string of the molecule is CCNCc1cn(CC2OCCc3ccccc32)nc1C. The molecule has 1 aliphatic heterocycles. The highest BCUT2D eigenvalue weighted by Gasteiger charge is 2.21. The Kier molecular flexibility index (Phi) is 4.36. The molecule has 0 saturated carbocycles.